The molecule has 5 rings (SSSR count). The summed E-state index contributed by atoms with van der Waals surface area (Å²) in [5.74, 6) is 3.30. The maximum absolute atomic E-state index is 4.10. The molecule has 0 amide bonds. The van der Waals surface area contributed by atoms with Crippen molar-refractivity contribution in [3.63, 3.8) is 0 Å². The van der Waals surface area contributed by atoms with E-state index < -0.39 is 0 Å². The van der Waals surface area contributed by atoms with Gasteiger partial charge in [0.1, 0.15) is 0 Å². The molecular weight excluding hydrogens is 360 g/mol. The second-order valence-electron chi connectivity index (χ2n) is 9.63. The minimum atomic E-state index is 0.0907. The Morgan fingerprint density at radius 1 is 0.800 bits per heavy atom. The second kappa shape index (κ2) is 8.42. The summed E-state index contributed by atoms with van der Waals surface area (Å²) in [5, 5.41) is 0. The Morgan fingerprint density at radius 3 is 1.93 bits per heavy atom. The molecule has 0 heterocycles. The first-order chi connectivity index (χ1) is 14.9. The third-order valence-corrected chi connectivity index (χ3v) is 8.34. The molecule has 0 saturated heterocycles. The highest BCUT2D eigenvalue weighted by Crippen LogP contribution is 2.61. The van der Waals surface area contributed by atoms with Gasteiger partial charge in [0, 0.05) is 5.41 Å². The van der Waals surface area contributed by atoms with Gasteiger partial charge in [0.2, 0.25) is 0 Å². The van der Waals surface area contributed by atoms with Crippen LogP contribution in [-0.2, 0) is 5.41 Å². The first-order valence-electron chi connectivity index (χ1n) is 11.9. The minimum absolute atomic E-state index is 0.0907. The van der Waals surface area contributed by atoms with E-state index in [1.165, 1.54) is 43.2 Å². The topological polar surface area (TPSA) is 0 Å². The molecule has 3 aliphatic rings. The third-order valence-electron chi connectivity index (χ3n) is 8.34. The summed E-state index contributed by atoms with van der Waals surface area (Å²) >= 11 is 0. The Morgan fingerprint density at radius 2 is 1.37 bits per heavy atom. The summed E-state index contributed by atoms with van der Waals surface area (Å²) in [6.07, 6.45) is 19.6. The monoisotopic (exact) mass is 394 g/mol. The van der Waals surface area contributed by atoms with E-state index in [1.54, 1.807) is 0 Å². The van der Waals surface area contributed by atoms with Crippen molar-refractivity contribution in [2.45, 2.75) is 43.9 Å². The highest BCUT2D eigenvalue weighted by atomic mass is 14.6. The van der Waals surface area contributed by atoms with Crippen LogP contribution in [0.25, 0.3) is 0 Å². The van der Waals surface area contributed by atoms with Crippen LogP contribution in [0.15, 0.2) is 97.6 Å². The summed E-state index contributed by atoms with van der Waals surface area (Å²) in [4.78, 5) is 0. The molecule has 2 aromatic rings. The fourth-order valence-corrected chi connectivity index (χ4v) is 7.29. The molecule has 2 aromatic carbocycles. The number of rotatable bonds is 6. The molecule has 30 heavy (non-hydrogen) atoms. The van der Waals surface area contributed by atoms with Gasteiger partial charge < -0.3 is 0 Å². The summed E-state index contributed by atoms with van der Waals surface area (Å²) in [5.41, 5.74) is 3.16. The molecule has 0 nitrogen and oxygen atoms in total. The maximum atomic E-state index is 4.10. The summed E-state index contributed by atoms with van der Waals surface area (Å²) in [6.45, 7) is 4.10. The lowest BCUT2D eigenvalue weighted by Crippen LogP contribution is -2.44. The highest BCUT2D eigenvalue weighted by Gasteiger charge is 2.55. The molecular formula is C30H34. The number of hydrogen-bond acceptors (Lipinski definition) is 0. The zero-order valence-electron chi connectivity index (χ0n) is 18.0. The van der Waals surface area contributed by atoms with Gasteiger partial charge in [-0.15, -0.1) is 6.58 Å². The van der Waals surface area contributed by atoms with E-state index in [4.69, 9.17) is 0 Å². The Bertz CT molecular complexity index is 858. The summed E-state index contributed by atoms with van der Waals surface area (Å²) in [7, 11) is 0. The predicted molar refractivity (Wildman–Crippen MR) is 127 cm³/mol. The van der Waals surface area contributed by atoms with Crippen LogP contribution in [0.2, 0.25) is 0 Å². The Balaban J connectivity index is 1.72. The number of benzene rings is 2. The van der Waals surface area contributed by atoms with Crippen LogP contribution in [0.3, 0.4) is 0 Å². The first-order valence-corrected chi connectivity index (χ1v) is 11.9. The van der Waals surface area contributed by atoms with Gasteiger partial charge in [0.15, 0.2) is 0 Å². The van der Waals surface area contributed by atoms with Crippen LogP contribution in [-0.4, -0.2) is 0 Å². The van der Waals surface area contributed by atoms with E-state index in [9.17, 15) is 0 Å². The zero-order chi connectivity index (χ0) is 20.4. The summed E-state index contributed by atoms with van der Waals surface area (Å²) < 4.78 is 0. The van der Waals surface area contributed by atoms with E-state index in [-0.39, 0.29) is 5.41 Å². The fourth-order valence-electron chi connectivity index (χ4n) is 7.29. The highest BCUT2D eigenvalue weighted by molar-refractivity contribution is 5.44. The number of allylic oxidation sites excluding steroid dienone is 5. The molecule has 3 aliphatic carbocycles. The number of hydrogen-bond donors (Lipinski definition) is 0. The molecule has 0 aliphatic heterocycles. The average molecular weight is 395 g/mol. The van der Waals surface area contributed by atoms with Crippen LogP contribution < -0.4 is 0 Å². The fraction of sp³-hybridized carbons (Fsp3) is 0.400. The van der Waals surface area contributed by atoms with E-state index in [0.29, 0.717) is 23.7 Å². The molecule has 0 aromatic heterocycles. The Kier molecular flexibility index (Phi) is 5.50. The van der Waals surface area contributed by atoms with Crippen LogP contribution in [0, 0.1) is 29.6 Å². The van der Waals surface area contributed by atoms with E-state index in [0.717, 1.165) is 12.3 Å². The largest absolute Gasteiger partial charge is 0.103 e. The molecule has 0 heteroatoms. The molecule has 0 bridgehead atoms. The van der Waals surface area contributed by atoms with Gasteiger partial charge in [-0.1, -0.05) is 104 Å². The molecule has 0 spiro atoms. The van der Waals surface area contributed by atoms with Crippen molar-refractivity contribution in [3.05, 3.63) is 109 Å². The van der Waals surface area contributed by atoms with Crippen molar-refractivity contribution in [1.29, 1.82) is 0 Å². The molecule has 154 valence electrons. The standard InChI is InChI=1S/C30H34/c1-2-13-23-22-29(28-21-12-11-20-27(23)28)30(26-18-9-10-19-26,24-14-5-3-6-15-24)25-16-7-4-8-17-25/h2-8,11-12,14-17,20-21,23,26-29H,1,9-10,13,18-19,22H2. The SMILES string of the molecule is C=CCC1CC(C(c2ccccc2)(c2ccccc2)C2CCCC2)C2C=CC=CC12. The van der Waals surface area contributed by atoms with Crippen molar-refractivity contribution in [2.24, 2.45) is 29.6 Å². The lowest BCUT2D eigenvalue weighted by atomic mass is 9.55. The van der Waals surface area contributed by atoms with Crippen LogP contribution >= 0.6 is 0 Å². The van der Waals surface area contributed by atoms with Crippen LogP contribution in [0.4, 0.5) is 0 Å². The predicted octanol–water partition coefficient (Wildman–Crippen LogP) is 7.73. The molecule has 0 radical (unpaired) electrons. The zero-order valence-corrected chi connectivity index (χ0v) is 18.0. The number of fused-ring (bicyclic) bond motifs is 1. The summed E-state index contributed by atoms with van der Waals surface area (Å²) in [6, 6.07) is 23.1. The van der Waals surface area contributed by atoms with Crippen molar-refractivity contribution in [3.8, 4) is 0 Å². The van der Waals surface area contributed by atoms with Crippen molar-refractivity contribution in [2.75, 3.05) is 0 Å². The molecule has 2 saturated carbocycles. The van der Waals surface area contributed by atoms with Crippen molar-refractivity contribution in [1.82, 2.24) is 0 Å². The van der Waals surface area contributed by atoms with Gasteiger partial charge in [-0.25, -0.2) is 0 Å². The normalized spacial score (nSPS) is 28.5. The van der Waals surface area contributed by atoms with Gasteiger partial charge in [-0.05, 0) is 66.4 Å². The molecule has 0 N–H and O–H groups in total. The Labute approximate surface area is 182 Å². The molecule has 4 atom stereocenters. The van der Waals surface area contributed by atoms with Crippen LogP contribution in [0.5, 0.6) is 0 Å². The lowest BCUT2D eigenvalue weighted by Gasteiger charge is -2.48. The van der Waals surface area contributed by atoms with E-state index in [1.807, 2.05) is 0 Å². The van der Waals surface area contributed by atoms with Gasteiger partial charge in [-0.2, -0.15) is 0 Å². The quantitative estimate of drug-likeness (QED) is 0.440. The minimum Gasteiger partial charge on any atom is -0.103 e. The van der Waals surface area contributed by atoms with Crippen LogP contribution in [0.1, 0.15) is 49.7 Å². The van der Waals surface area contributed by atoms with E-state index in [2.05, 4.69) is 97.6 Å². The van der Waals surface area contributed by atoms with Crippen molar-refractivity contribution >= 4 is 0 Å². The smallest absolute Gasteiger partial charge is 0.0265 e. The average Bonchev–Trinajstić information content (AvgIpc) is 3.46. The Hall–Kier alpha value is -2.34. The van der Waals surface area contributed by atoms with Gasteiger partial charge >= 0.3 is 0 Å². The van der Waals surface area contributed by atoms with Gasteiger partial charge in [-0.3, -0.25) is 0 Å². The molecule has 4 unspecified atom stereocenters. The van der Waals surface area contributed by atoms with Gasteiger partial charge in [0.05, 0.1) is 0 Å². The lowest BCUT2D eigenvalue weighted by molar-refractivity contribution is 0.183. The third kappa shape index (κ3) is 3.13. The maximum Gasteiger partial charge on any atom is 0.0265 e. The molecule has 2 fully saturated rings. The second-order valence-corrected chi connectivity index (χ2v) is 9.63. The van der Waals surface area contributed by atoms with Gasteiger partial charge in [0.25, 0.3) is 0 Å². The first kappa shape index (κ1) is 19.6. The van der Waals surface area contributed by atoms with Crippen molar-refractivity contribution < 1.29 is 0 Å². The van der Waals surface area contributed by atoms with E-state index >= 15 is 0 Å².